The highest BCUT2D eigenvalue weighted by molar-refractivity contribution is 14.0. The Morgan fingerprint density at radius 1 is 1.29 bits per heavy atom. The summed E-state index contributed by atoms with van der Waals surface area (Å²) >= 11 is 0. The molecule has 0 atom stereocenters. The SMILES string of the molecule is CCOC(=O)N1CCC(NC(=NC)NCc2cccc(NC(C)=O)c2)CC1.I. The predicted octanol–water partition coefficient (Wildman–Crippen LogP) is 2.55. The van der Waals surface area contributed by atoms with E-state index in [4.69, 9.17) is 4.74 Å². The molecule has 0 saturated carbocycles. The van der Waals surface area contributed by atoms with E-state index in [1.54, 1.807) is 11.9 Å². The number of carbonyl (C=O) groups is 2. The van der Waals surface area contributed by atoms with Crippen molar-refractivity contribution in [3.63, 3.8) is 0 Å². The molecule has 1 aliphatic rings. The van der Waals surface area contributed by atoms with Gasteiger partial charge in [-0.15, -0.1) is 24.0 Å². The van der Waals surface area contributed by atoms with Crippen LogP contribution in [0, 0.1) is 0 Å². The average Bonchev–Trinajstić information content (AvgIpc) is 2.65. The van der Waals surface area contributed by atoms with Crippen molar-refractivity contribution in [3.05, 3.63) is 29.8 Å². The summed E-state index contributed by atoms with van der Waals surface area (Å²) in [4.78, 5) is 28.9. The summed E-state index contributed by atoms with van der Waals surface area (Å²) in [6.07, 6.45) is 1.45. The molecule has 0 aliphatic carbocycles. The first-order chi connectivity index (χ1) is 13.0. The second-order valence-corrected chi connectivity index (χ2v) is 6.41. The quantitative estimate of drug-likeness (QED) is 0.326. The van der Waals surface area contributed by atoms with Crippen molar-refractivity contribution in [1.82, 2.24) is 15.5 Å². The molecular weight excluding hydrogens is 473 g/mol. The summed E-state index contributed by atoms with van der Waals surface area (Å²) in [5.41, 5.74) is 1.82. The zero-order valence-corrected chi connectivity index (χ0v) is 19.0. The van der Waals surface area contributed by atoms with Crippen molar-refractivity contribution in [2.75, 3.05) is 32.1 Å². The second-order valence-electron chi connectivity index (χ2n) is 6.41. The number of likely N-dealkylation sites (tertiary alicyclic amines) is 1. The van der Waals surface area contributed by atoms with E-state index in [2.05, 4.69) is 20.9 Å². The highest BCUT2D eigenvalue weighted by Crippen LogP contribution is 2.12. The van der Waals surface area contributed by atoms with Crippen molar-refractivity contribution >= 4 is 47.6 Å². The third-order valence-electron chi connectivity index (χ3n) is 4.29. The number of guanidine groups is 1. The monoisotopic (exact) mass is 503 g/mol. The largest absolute Gasteiger partial charge is 0.450 e. The maximum absolute atomic E-state index is 11.8. The number of rotatable bonds is 5. The number of benzene rings is 1. The van der Waals surface area contributed by atoms with Gasteiger partial charge < -0.3 is 25.6 Å². The molecule has 1 aromatic carbocycles. The van der Waals surface area contributed by atoms with Gasteiger partial charge in [-0.05, 0) is 37.5 Å². The van der Waals surface area contributed by atoms with Crippen molar-refractivity contribution < 1.29 is 14.3 Å². The van der Waals surface area contributed by atoms with Gasteiger partial charge in [0.1, 0.15) is 0 Å². The predicted molar refractivity (Wildman–Crippen MR) is 121 cm³/mol. The summed E-state index contributed by atoms with van der Waals surface area (Å²) in [6, 6.07) is 7.94. The van der Waals surface area contributed by atoms with E-state index >= 15 is 0 Å². The van der Waals surface area contributed by atoms with Gasteiger partial charge in [0.15, 0.2) is 5.96 Å². The molecule has 9 heteroatoms. The highest BCUT2D eigenvalue weighted by Gasteiger charge is 2.23. The van der Waals surface area contributed by atoms with Crippen LogP contribution in [0.5, 0.6) is 0 Å². The number of halogens is 1. The summed E-state index contributed by atoms with van der Waals surface area (Å²) in [5, 5.41) is 9.47. The van der Waals surface area contributed by atoms with E-state index in [-0.39, 0.29) is 42.0 Å². The number of amides is 2. The van der Waals surface area contributed by atoms with Gasteiger partial charge in [-0.1, -0.05) is 12.1 Å². The first kappa shape index (κ1) is 24.0. The van der Waals surface area contributed by atoms with Crippen LogP contribution in [0.25, 0.3) is 0 Å². The minimum atomic E-state index is -0.238. The lowest BCUT2D eigenvalue weighted by atomic mass is 10.1. The van der Waals surface area contributed by atoms with Crippen LogP contribution in [-0.2, 0) is 16.1 Å². The van der Waals surface area contributed by atoms with Crippen LogP contribution < -0.4 is 16.0 Å². The summed E-state index contributed by atoms with van der Waals surface area (Å²) in [5.74, 6) is 0.626. The van der Waals surface area contributed by atoms with Gasteiger partial charge in [0.25, 0.3) is 0 Å². The fourth-order valence-electron chi connectivity index (χ4n) is 2.96. The number of hydrogen-bond donors (Lipinski definition) is 3. The normalized spacial score (nSPS) is 14.7. The number of aliphatic imine (C=N–C) groups is 1. The summed E-state index contributed by atoms with van der Waals surface area (Å²) in [6.45, 7) is 5.64. The Morgan fingerprint density at radius 3 is 2.61 bits per heavy atom. The lowest BCUT2D eigenvalue weighted by molar-refractivity contribution is -0.114. The van der Waals surface area contributed by atoms with E-state index in [1.165, 1.54) is 6.92 Å². The number of hydrogen-bond acceptors (Lipinski definition) is 4. The molecule has 0 bridgehead atoms. The zero-order chi connectivity index (χ0) is 19.6. The van der Waals surface area contributed by atoms with E-state index in [0.717, 1.165) is 30.1 Å². The lowest BCUT2D eigenvalue weighted by Gasteiger charge is -2.32. The molecule has 1 fully saturated rings. The standard InChI is InChI=1S/C19H29N5O3.HI/c1-4-27-19(26)24-10-8-16(9-11-24)23-18(20-3)21-13-15-6-5-7-17(12-15)22-14(2)25;/h5-7,12,16H,4,8-11,13H2,1-3H3,(H,22,25)(H2,20,21,23);1H. The minimum Gasteiger partial charge on any atom is -0.450 e. The molecular formula is C19H30IN5O3. The molecule has 0 radical (unpaired) electrons. The Morgan fingerprint density at radius 2 is 2.00 bits per heavy atom. The van der Waals surface area contributed by atoms with E-state index in [9.17, 15) is 9.59 Å². The van der Waals surface area contributed by atoms with Crippen molar-refractivity contribution in [2.45, 2.75) is 39.3 Å². The molecule has 1 aromatic rings. The maximum Gasteiger partial charge on any atom is 0.409 e. The third-order valence-corrected chi connectivity index (χ3v) is 4.29. The Kier molecular flexibility index (Phi) is 10.6. The topological polar surface area (TPSA) is 95.1 Å². The van der Waals surface area contributed by atoms with Crippen LogP contribution in [0.2, 0.25) is 0 Å². The maximum atomic E-state index is 11.8. The van der Waals surface area contributed by atoms with Crippen molar-refractivity contribution in [2.24, 2.45) is 4.99 Å². The van der Waals surface area contributed by atoms with Gasteiger partial charge in [-0.2, -0.15) is 0 Å². The molecule has 3 N–H and O–H groups in total. The Labute approximate surface area is 183 Å². The summed E-state index contributed by atoms with van der Waals surface area (Å²) in [7, 11) is 1.73. The van der Waals surface area contributed by atoms with E-state index < -0.39 is 0 Å². The molecule has 156 valence electrons. The van der Waals surface area contributed by atoms with Gasteiger partial charge in [0, 0.05) is 45.3 Å². The van der Waals surface area contributed by atoms with Crippen LogP contribution in [0.4, 0.5) is 10.5 Å². The Balaban J connectivity index is 0.00000392. The molecule has 1 aliphatic heterocycles. The van der Waals surface area contributed by atoms with Crippen molar-refractivity contribution in [3.8, 4) is 0 Å². The average molecular weight is 503 g/mol. The van der Waals surface area contributed by atoms with Crippen molar-refractivity contribution in [1.29, 1.82) is 0 Å². The van der Waals surface area contributed by atoms with Gasteiger partial charge in [0.05, 0.1) is 6.61 Å². The minimum absolute atomic E-state index is 0. The number of piperidine rings is 1. The molecule has 28 heavy (non-hydrogen) atoms. The van der Waals surface area contributed by atoms with Gasteiger partial charge in [-0.3, -0.25) is 9.79 Å². The first-order valence-electron chi connectivity index (χ1n) is 9.27. The number of nitrogens with one attached hydrogen (secondary N) is 3. The summed E-state index contributed by atoms with van der Waals surface area (Å²) < 4.78 is 5.04. The van der Waals surface area contributed by atoms with E-state index in [1.807, 2.05) is 31.2 Å². The molecule has 2 amide bonds. The lowest BCUT2D eigenvalue weighted by Crippen LogP contribution is -2.49. The number of ether oxygens (including phenoxy) is 1. The van der Waals surface area contributed by atoms with Crippen LogP contribution in [0.15, 0.2) is 29.3 Å². The molecule has 1 saturated heterocycles. The highest BCUT2D eigenvalue weighted by atomic mass is 127. The Bertz CT molecular complexity index is 675. The molecule has 2 rings (SSSR count). The van der Waals surface area contributed by atoms with Crippen LogP contribution >= 0.6 is 24.0 Å². The third kappa shape index (κ3) is 7.91. The molecule has 8 nitrogen and oxygen atoms in total. The van der Waals surface area contributed by atoms with Gasteiger partial charge in [0.2, 0.25) is 5.91 Å². The molecule has 0 spiro atoms. The number of anilines is 1. The second kappa shape index (κ2) is 12.4. The van der Waals surface area contributed by atoms with Gasteiger partial charge in [-0.25, -0.2) is 4.79 Å². The molecule has 0 aromatic heterocycles. The smallest absolute Gasteiger partial charge is 0.409 e. The number of nitrogens with zero attached hydrogens (tertiary/aromatic N) is 2. The van der Waals surface area contributed by atoms with Gasteiger partial charge >= 0.3 is 6.09 Å². The van der Waals surface area contributed by atoms with Crippen LogP contribution in [0.3, 0.4) is 0 Å². The molecule has 1 heterocycles. The fraction of sp³-hybridized carbons (Fsp3) is 0.526. The first-order valence-corrected chi connectivity index (χ1v) is 9.27. The zero-order valence-electron chi connectivity index (χ0n) is 16.7. The van der Waals surface area contributed by atoms with Crippen LogP contribution in [0.1, 0.15) is 32.3 Å². The van der Waals surface area contributed by atoms with Crippen LogP contribution in [-0.4, -0.2) is 55.6 Å². The van der Waals surface area contributed by atoms with E-state index in [0.29, 0.717) is 26.2 Å². The Hall–Kier alpha value is -2.04. The molecule has 0 unspecified atom stereocenters. The number of carbonyl (C=O) groups excluding carboxylic acids is 2. The fourth-order valence-corrected chi connectivity index (χ4v) is 2.96.